The maximum atomic E-state index is 12.7. The molecule has 0 spiro atoms. The van der Waals surface area contributed by atoms with Crippen molar-refractivity contribution < 1.29 is 4.79 Å². The monoisotopic (exact) mass is 356 g/mol. The van der Waals surface area contributed by atoms with Gasteiger partial charge in [-0.2, -0.15) is 0 Å². The molecular formula is C23H33OP. The van der Waals surface area contributed by atoms with E-state index in [-0.39, 0.29) is 0 Å². The lowest BCUT2D eigenvalue weighted by molar-refractivity contribution is 0.0991. The molecule has 0 saturated heterocycles. The number of carbonyl (C=O) groups excluding carboxylic acids is 1. The Hall–Kier alpha value is -1.33. The number of ketones is 1. The minimum absolute atomic E-state index is 0.311. The second-order valence-corrected chi connectivity index (χ2v) is 9.94. The van der Waals surface area contributed by atoms with Crippen LogP contribution in [0.3, 0.4) is 0 Å². The van der Waals surface area contributed by atoms with E-state index in [4.69, 9.17) is 0 Å². The summed E-state index contributed by atoms with van der Waals surface area (Å²) in [5, 5.41) is 2.51. The first kappa shape index (κ1) is 20.0. The van der Waals surface area contributed by atoms with Crippen LogP contribution in [0.4, 0.5) is 0 Å². The Morgan fingerprint density at radius 3 is 1.88 bits per heavy atom. The van der Waals surface area contributed by atoms with Gasteiger partial charge >= 0.3 is 0 Å². The van der Waals surface area contributed by atoms with Gasteiger partial charge in [0.1, 0.15) is 0 Å². The van der Waals surface area contributed by atoms with E-state index in [1.807, 2.05) is 6.92 Å². The van der Waals surface area contributed by atoms with Gasteiger partial charge in [-0.25, -0.2) is 0 Å². The van der Waals surface area contributed by atoms with Crippen molar-refractivity contribution in [1.29, 1.82) is 0 Å². The highest BCUT2D eigenvalue weighted by atomic mass is 31.1. The highest BCUT2D eigenvalue weighted by Gasteiger charge is 2.23. The van der Waals surface area contributed by atoms with Crippen molar-refractivity contribution in [2.24, 2.45) is 0 Å². The number of hydrogen-bond acceptors (Lipinski definition) is 1. The van der Waals surface area contributed by atoms with Gasteiger partial charge < -0.3 is 0 Å². The Morgan fingerprint density at radius 1 is 0.960 bits per heavy atom. The minimum atomic E-state index is -0.677. The Bertz CT molecular complexity index is 733. The van der Waals surface area contributed by atoms with Crippen LogP contribution in [-0.4, -0.2) is 5.78 Å². The lowest BCUT2D eigenvalue weighted by Crippen LogP contribution is -2.03. The predicted molar refractivity (Wildman–Crippen MR) is 112 cm³/mol. The van der Waals surface area contributed by atoms with E-state index in [1.54, 1.807) is 0 Å². The van der Waals surface area contributed by atoms with Gasteiger partial charge in [0.05, 0.1) is 0 Å². The molecule has 1 aromatic carbocycles. The van der Waals surface area contributed by atoms with Crippen LogP contribution in [0, 0.1) is 6.92 Å². The summed E-state index contributed by atoms with van der Waals surface area (Å²) in [6.07, 6.45) is 0.589. The van der Waals surface area contributed by atoms with Crippen molar-refractivity contribution in [1.82, 2.24) is 0 Å². The third-order valence-corrected chi connectivity index (χ3v) is 7.55. The molecule has 2 aromatic rings. The molecule has 25 heavy (non-hydrogen) atoms. The predicted octanol–water partition coefficient (Wildman–Crippen LogP) is 7.93. The topological polar surface area (TPSA) is 17.1 Å². The standard InChI is InChI=1S/C23H33OP/c1-9-21(24)22-17(8)10-11-25(22)23-19(15(4)5)12-18(14(2)3)13-20(23)16(6)7/h10-16H,9H2,1-8H3. The molecule has 1 heterocycles. The van der Waals surface area contributed by atoms with Gasteiger partial charge in [-0.3, -0.25) is 4.79 Å². The second kappa shape index (κ2) is 7.92. The molecule has 0 bridgehead atoms. The molecule has 0 saturated carbocycles. The number of carbonyl (C=O) groups is 1. The first-order valence-electron chi connectivity index (χ1n) is 9.58. The van der Waals surface area contributed by atoms with E-state index in [2.05, 4.69) is 72.5 Å². The quantitative estimate of drug-likeness (QED) is 0.480. The Morgan fingerprint density at radius 2 is 1.48 bits per heavy atom. The number of hydrogen-bond donors (Lipinski definition) is 0. The third-order valence-electron chi connectivity index (χ3n) is 5.02. The smallest absolute Gasteiger partial charge is 0.167 e. The lowest BCUT2D eigenvalue weighted by atomic mass is 9.89. The van der Waals surface area contributed by atoms with Crippen LogP contribution in [0.1, 0.15) is 105 Å². The Kier molecular flexibility index (Phi) is 6.33. The Balaban J connectivity index is 2.87. The molecule has 136 valence electrons. The maximum absolute atomic E-state index is 12.7. The fraction of sp³-hybridized carbons (Fsp3) is 0.522. The molecule has 1 nitrogen and oxygen atoms in total. The average Bonchev–Trinajstić information content (AvgIpc) is 2.93. The summed E-state index contributed by atoms with van der Waals surface area (Å²) in [7, 11) is -0.677. The normalized spacial score (nSPS) is 12.5. The zero-order valence-electron chi connectivity index (χ0n) is 17.1. The largest absolute Gasteiger partial charge is 0.294 e. The van der Waals surface area contributed by atoms with Gasteiger partial charge in [-0.15, -0.1) is 0 Å². The second-order valence-electron chi connectivity index (χ2n) is 8.01. The molecule has 0 aliphatic heterocycles. The van der Waals surface area contributed by atoms with Crippen molar-refractivity contribution in [2.45, 2.75) is 79.6 Å². The highest BCUT2D eigenvalue weighted by Crippen LogP contribution is 2.53. The van der Waals surface area contributed by atoms with Gasteiger partial charge in [-0.05, 0) is 52.7 Å². The zero-order chi connectivity index (χ0) is 18.9. The van der Waals surface area contributed by atoms with Gasteiger partial charge in [0.25, 0.3) is 0 Å². The van der Waals surface area contributed by atoms with E-state index in [0.717, 1.165) is 10.9 Å². The fourth-order valence-corrected chi connectivity index (χ4v) is 6.41. The number of rotatable bonds is 6. The molecule has 0 fully saturated rings. The number of Topliss-reactive ketones (excluding diaryl/α,β-unsaturated/α-hetero) is 1. The molecular weight excluding hydrogens is 323 g/mol. The van der Waals surface area contributed by atoms with E-state index in [1.165, 1.54) is 22.0 Å². The van der Waals surface area contributed by atoms with E-state index >= 15 is 0 Å². The zero-order valence-corrected chi connectivity index (χ0v) is 18.0. The Labute approximate surface area is 154 Å². The summed E-state index contributed by atoms with van der Waals surface area (Å²) in [4.78, 5) is 12.7. The minimum Gasteiger partial charge on any atom is -0.294 e. The molecule has 1 aromatic heterocycles. The first-order chi connectivity index (χ1) is 11.7. The van der Waals surface area contributed by atoms with Crippen molar-refractivity contribution in [2.75, 3.05) is 0 Å². The average molecular weight is 356 g/mol. The molecule has 0 N–H and O–H groups in total. The molecule has 1 atom stereocenters. The van der Waals surface area contributed by atoms with Crippen molar-refractivity contribution in [3.8, 4) is 5.30 Å². The van der Waals surface area contributed by atoms with Crippen LogP contribution in [0.2, 0.25) is 0 Å². The molecule has 0 amide bonds. The third kappa shape index (κ3) is 3.93. The number of benzene rings is 1. The summed E-state index contributed by atoms with van der Waals surface area (Å²) < 4.78 is 0. The van der Waals surface area contributed by atoms with Crippen LogP contribution in [0.25, 0.3) is 5.30 Å². The summed E-state index contributed by atoms with van der Waals surface area (Å²) in [6, 6.07) is 6.96. The maximum Gasteiger partial charge on any atom is 0.167 e. The SMILES string of the molecule is CCC(=O)c1c(C)ccp1-c1c(C(C)C)cc(C(C)C)cc1C(C)C. The van der Waals surface area contributed by atoms with Crippen molar-refractivity contribution in [3.63, 3.8) is 0 Å². The molecule has 0 aliphatic carbocycles. The first-order valence-corrected chi connectivity index (χ1v) is 11.0. The van der Waals surface area contributed by atoms with E-state index in [0.29, 0.717) is 30.0 Å². The summed E-state index contributed by atoms with van der Waals surface area (Å²) >= 11 is 0. The summed E-state index contributed by atoms with van der Waals surface area (Å²) in [6.45, 7) is 17.7. The van der Waals surface area contributed by atoms with Crippen LogP contribution in [0.15, 0.2) is 24.0 Å². The van der Waals surface area contributed by atoms with Crippen molar-refractivity contribution in [3.05, 3.63) is 51.5 Å². The van der Waals surface area contributed by atoms with Gasteiger partial charge in [0, 0.05) is 17.0 Å². The summed E-state index contributed by atoms with van der Waals surface area (Å²) in [5.41, 5.74) is 5.44. The van der Waals surface area contributed by atoms with Gasteiger partial charge in [0.15, 0.2) is 5.78 Å². The van der Waals surface area contributed by atoms with E-state index in [9.17, 15) is 4.79 Å². The lowest BCUT2D eigenvalue weighted by Gasteiger charge is -2.24. The van der Waals surface area contributed by atoms with Crippen LogP contribution < -0.4 is 0 Å². The van der Waals surface area contributed by atoms with Crippen LogP contribution >= 0.6 is 7.53 Å². The molecule has 1 unspecified atom stereocenters. The van der Waals surface area contributed by atoms with E-state index < -0.39 is 7.53 Å². The van der Waals surface area contributed by atoms with Crippen molar-refractivity contribution >= 4 is 13.3 Å². The molecule has 0 radical (unpaired) electrons. The van der Waals surface area contributed by atoms with Crippen LogP contribution in [-0.2, 0) is 0 Å². The van der Waals surface area contributed by atoms with Gasteiger partial charge in [-0.1, -0.05) is 74.2 Å². The summed E-state index contributed by atoms with van der Waals surface area (Å²) in [5.74, 6) is 4.05. The number of aryl methyl sites for hydroxylation is 1. The molecule has 2 rings (SSSR count). The van der Waals surface area contributed by atoms with Gasteiger partial charge in [0.2, 0.25) is 0 Å². The fourth-order valence-electron chi connectivity index (χ4n) is 3.43. The highest BCUT2D eigenvalue weighted by molar-refractivity contribution is 7.58. The van der Waals surface area contributed by atoms with Crippen LogP contribution in [0.5, 0.6) is 0 Å². The molecule has 0 aliphatic rings. The molecule has 2 heteroatoms.